The first-order valence-electron chi connectivity index (χ1n) is 39.9. The van der Waals surface area contributed by atoms with Crippen molar-refractivity contribution in [3.8, 4) is 36.4 Å². The van der Waals surface area contributed by atoms with Gasteiger partial charge in [0.2, 0.25) is 0 Å². The summed E-state index contributed by atoms with van der Waals surface area (Å²) in [5.41, 5.74) is 9.58. The van der Waals surface area contributed by atoms with Gasteiger partial charge in [-0.25, -0.2) is 43.5 Å². The zero-order valence-electron chi connectivity index (χ0n) is 70.1. The number of hydrogen-bond acceptors (Lipinski definition) is 25. The molecule has 0 saturated heterocycles. The molecule has 16 aromatic rings. The van der Waals surface area contributed by atoms with Gasteiger partial charge in [-0.1, -0.05) is 73.7 Å². The van der Waals surface area contributed by atoms with Crippen LogP contribution in [-0.4, -0.2) is 153 Å². The van der Waals surface area contributed by atoms with Crippen LogP contribution < -0.4 is 10.6 Å². The number of rotatable bonds is 8. The van der Waals surface area contributed by atoms with E-state index in [-0.39, 0.29) is 55.5 Å². The average Bonchev–Trinajstić information content (AvgIpc) is 1.62. The molecule has 39 heteroatoms. The summed E-state index contributed by atoms with van der Waals surface area (Å²) in [4.78, 5) is 88.4. The van der Waals surface area contributed by atoms with Gasteiger partial charge in [-0.2, -0.15) is 31.6 Å². The number of benzene rings is 2. The van der Waals surface area contributed by atoms with Crippen LogP contribution in [0.1, 0.15) is 147 Å². The van der Waals surface area contributed by atoms with Crippen molar-refractivity contribution in [2.45, 2.75) is 138 Å². The number of pyridine rings is 7. The van der Waals surface area contributed by atoms with Gasteiger partial charge in [-0.15, -0.1) is 0 Å². The maximum Gasteiger partial charge on any atom is 0.419 e. The number of aliphatic hydroxyl groups is 2. The molecule has 2 amide bonds. The van der Waals surface area contributed by atoms with E-state index in [1.807, 2.05) is 24.4 Å². The molecule has 14 heterocycles. The first kappa shape index (κ1) is 94.8. The molecular formula is C91H79ClI2N22O12S2. The Labute approximate surface area is 776 Å². The number of carbonyl (C=O) groups is 4. The summed E-state index contributed by atoms with van der Waals surface area (Å²) in [6, 6.07) is 44.3. The van der Waals surface area contributed by atoms with E-state index in [1.165, 1.54) is 66.0 Å². The van der Waals surface area contributed by atoms with Crippen LogP contribution in [0.25, 0.3) is 77.2 Å². The number of H-pyrrole nitrogens is 3. The lowest BCUT2D eigenvalue weighted by atomic mass is 9.92. The van der Waals surface area contributed by atoms with Gasteiger partial charge in [-0.3, -0.25) is 44.5 Å². The van der Waals surface area contributed by atoms with E-state index in [9.17, 15) is 51.5 Å². The minimum absolute atomic E-state index is 0.163. The molecule has 0 spiro atoms. The average molecular weight is 2030 g/mol. The van der Waals surface area contributed by atoms with Crippen molar-refractivity contribution in [2.24, 2.45) is 0 Å². The van der Waals surface area contributed by atoms with Crippen LogP contribution in [0.5, 0.6) is 0 Å². The Kier molecular flexibility index (Phi) is 30.3. The molecule has 130 heavy (non-hydrogen) atoms. The van der Waals surface area contributed by atoms with Crippen molar-refractivity contribution in [2.75, 3.05) is 0 Å². The standard InChI is InChI=1S/C20H24N4O4.C15H16N4O2.C14H9N3O2S.C13H9ClN2O2S.C13H12IN3O2.C8H4IN3.C8H5N3/c1-20(2,3)28-19(27)24-11-13(16-17(24)12(10-21)8-9-22-16)18(26)23-14-6-4-5-7-15(14)25;16-7-9-5-6-17-14-10(8-18-13(9)14)15(21)19-11-3-1-2-4-12(11)20;15-10-11-6-8-16-13-7-9-17(14(11)13)20(18,19)12-4-2-1-3-5-12;14-11-6-8-15-12-7-9-16(13(11)12)19(17,18)10-4-2-1-3-5-10;1-13(2,3)19-12(18)17-7-9(14)10-11(17)8(6-15)4-5-16-10;9-6-4-12-7-5(3-10)1-2-11-8(6)7;9-5-6-1-3-10-7-2-4-11-8(6)7/h8-9,11,14-15,25H,4-7H2,1-3H3,(H,23,26);5-6,8,11-12,18,20H,1-4H2,(H,19,21);1-9H;1-9H;4-5,7H,1-3H3;1-2,4,12H;1-4,11H/t14-,15-;11-,12-;;;;;/m00...../s1. The minimum atomic E-state index is -3.73. The Hall–Kier alpha value is -14.3. The predicted molar refractivity (Wildman–Crippen MR) is 499 cm³/mol. The molecule has 2 saturated carbocycles. The van der Waals surface area contributed by atoms with Crippen LogP contribution >= 0.6 is 56.8 Å². The predicted octanol–water partition coefficient (Wildman–Crippen LogP) is 16.0. The molecule has 34 nitrogen and oxygen atoms in total. The van der Waals surface area contributed by atoms with Gasteiger partial charge in [0.1, 0.15) is 80.7 Å². The maximum atomic E-state index is 12.9. The highest BCUT2D eigenvalue weighted by Gasteiger charge is 2.32. The Morgan fingerprint density at radius 1 is 0.438 bits per heavy atom. The van der Waals surface area contributed by atoms with Crippen molar-refractivity contribution in [3.05, 3.63) is 265 Å². The molecule has 0 unspecified atom stereocenters. The van der Waals surface area contributed by atoms with Crippen LogP contribution in [0, 0.1) is 75.1 Å². The lowest BCUT2D eigenvalue weighted by Crippen LogP contribution is -2.45. The number of ether oxygens (including phenoxy) is 2. The van der Waals surface area contributed by atoms with E-state index in [0.717, 1.165) is 80.2 Å². The second kappa shape index (κ2) is 41.6. The summed E-state index contributed by atoms with van der Waals surface area (Å²) in [6.07, 6.45) is 26.2. The van der Waals surface area contributed by atoms with Crippen LogP contribution in [0.3, 0.4) is 0 Å². The van der Waals surface area contributed by atoms with Crippen molar-refractivity contribution in [1.82, 2.24) is 77.6 Å². The molecule has 14 aromatic heterocycles. The molecule has 658 valence electrons. The number of aromatic nitrogens is 14. The second-order valence-corrected chi connectivity index (χ2v) is 37.3. The molecule has 4 atom stereocenters. The van der Waals surface area contributed by atoms with Crippen LogP contribution in [0.2, 0.25) is 5.02 Å². The van der Waals surface area contributed by atoms with Crippen molar-refractivity contribution in [1.29, 1.82) is 31.6 Å². The molecule has 2 aromatic carbocycles. The number of carbonyl (C=O) groups excluding carboxylic acids is 4. The maximum absolute atomic E-state index is 12.9. The van der Waals surface area contributed by atoms with E-state index in [2.05, 4.69) is 130 Å². The molecule has 0 bridgehead atoms. The smallest absolute Gasteiger partial charge is 0.419 e. The normalized spacial score (nSPS) is 14.7. The fraction of sp³-hybridized carbons (Fsp3) is 0.220. The molecule has 2 aliphatic rings. The van der Waals surface area contributed by atoms with Gasteiger partial charge in [-0.05, 0) is 197 Å². The summed E-state index contributed by atoms with van der Waals surface area (Å²) in [5, 5.41) is 80.3. The van der Waals surface area contributed by atoms with E-state index in [1.54, 1.807) is 176 Å². The van der Waals surface area contributed by atoms with Gasteiger partial charge >= 0.3 is 12.2 Å². The van der Waals surface area contributed by atoms with Crippen LogP contribution in [0.15, 0.2) is 218 Å². The first-order chi connectivity index (χ1) is 62.2. The third-order valence-corrected chi connectivity index (χ3v) is 25.3. The molecule has 7 N–H and O–H groups in total. The van der Waals surface area contributed by atoms with E-state index in [4.69, 9.17) is 47.4 Å². The van der Waals surface area contributed by atoms with Crippen molar-refractivity contribution in [3.63, 3.8) is 0 Å². The number of halogens is 3. The highest BCUT2D eigenvalue weighted by atomic mass is 127. The Morgan fingerprint density at radius 2 is 0.831 bits per heavy atom. The Bertz CT molecular complexity index is 7460. The lowest BCUT2D eigenvalue weighted by molar-refractivity contribution is 0.0532. The van der Waals surface area contributed by atoms with Crippen molar-refractivity contribution < 1.29 is 55.7 Å². The van der Waals surface area contributed by atoms with E-state index in [0.29, 0.717) is 89.8 Å². The molecule has 2 aliphatic carbocycles. The molecule has 0 aliphatic heterocycles. The monoisotopic (exact) mass is 2020 g/mol. The topological polar surface area (TPSA) is 520 Å². The number of nitriles is 6. The third kappa shape index (κ3) is 21.7. The number of fused-ring (bicyclic) bond motifs is 7. The Balaban J connectivity index is 0.000000139. The molecular weight excluding hydrogens is 1950 g/mol. The fourth-order valence-electron chi connectivity index (χ4n) is 13.9. The Morgan fingerprint density at radius 3 is 1.33 bits per heavy atom. The van der Waals surface area contributed by atoms with E-state index < -0.39 is 61.6 Å². The molecule has 18 rings (SSSR count). The first-order valence-corrected chi connectivity index (χ1v) is 45.3. The van der Waals surface area contributed by atoms with Gasteiger partial charge in [0.15, 0.2) is 0 Å². The zero-order chi connectivity index (χ0) is 93.4. The highest BCUT2D eigenvalue weighted by Crippen LogP contribution is 2.32. The van der Waals surface area contributed by atoms with Gasteiger partial charge in [0, 0.05) is 86.8 Å². The van der Waals surface area contributed by atoms with Crippen LogP contribution in [-0.2, 0) is 29.5 Å². The summed E-state index contributed by atoms with van der Waals surface area (Å²) in [7, 11) is -7.38. The number of nitrogens with zero attached hydrogens (tertiary/aromatic N) is 17. The highest BCUT2D eigenvalue weighted by molar-refractivity contribution is 14.1. The van der Waals surface area contributed by atoms with E-state index >= 15 is 0 Å². The third-order valence-electron chi connectivity index (χ3n) is 20.0. The second-order valence-electron chi connectivity index (χ2n) is 30.9. The molecule has 2 fully saturated rings. The number of aromatic amines is 3. The summed E-state index contributed by atoms with van der Waals surface area (Å²) in [5.74, 6) is -0.712. The summed E-state index contributed by atoms with van der Waals surface area (Å²) >= 11 is 10.3. The largest absolute Gasteiger partial charge is 0.443 e. The number of aliphatic hydroxyl groups excluding tert-OH is 2. The quantitative estimate of drug-likeness (QED) is 0.0695. The minimum Gasteiger partial charge on any atom is -0.443 e. The van der Waals surface area contributed by atoms with Gasteiger partial charge in [0.05, 0.1) is 135 Å². The summed E-state index contributed by atoms with van der Waals surface area (Å²) in [6.45, 7) is 10.6. The number of amides is 2. The lowest BCUT2D eigenvalue weighted by Gasteiger charge is -2.28. The SMILES string of the molecule is CC(C)(C)OC(=O)n1cc(C(=O)N[C@H]2CCCC[C@@H]2O)c2nccc(C#N)c21.CC(C)(C)OC(=O)n1cc(I)c2nccc(C#N)c21.N#Cc1ccnc2c(C(=O)N[C@H]3CCCC[C@@H]3O)c[nH]c12.N#Cc1ccnc2c(I)c[nH]c12.N#Cc1ccnc2cc[nH]c12.N#Cc1ccnc2ccn(S(=O)(=O)c3ccccc3)c12.O=S(=O)(c1ccccc1)n1ccc2nccc(Cl)c21. The van der Waals surface area contributed by atoms with Crippen molar-refractivity contribution >= 4 is 178 Å². The van der Waals surface area contributed by atoms with Gasteiger partial charge < -0.3 is 45.3 Å². The number of hydrogen-bond donors (Lipinski definition) is 7. The van der Waals surface area contributed by atoms with Crippen LogP contribution in [0.4, 0.5) is 9.59 Å². The molecule has 0 radical (unpaired) electrons. The van der Waals surface area contributed by atoms with Gasteiger partial charge in [0.25, 0.3) is 31.9 Å². The zero-order valence-corrected chi connectivity index (χ0v) is 76.8. The number of nitrogens with one attached hydrogen (secondary N) is 5. The summed E-state index contributed by atoms with van der Waals surface area (Å²) < 4.78 is 67.6. The fourth-order valence-corrected chi connectivity index (χ4v) is 18.2.